The summed E-state index contributed by atoms with van der Waals surface area (Å²) in [5.41, 5.74) is -1.93. The molecule has 3 aliphatic rings. The van der Waals surface area contributed by atoms with Crippen molar-refractivity contribution in [2.75, 3.05) is 6.61 Å². The molecule has 3 aliphatic heterocycles. The summed E-state index contributed by atoms with van der Waals surface area (Å²) in [7, 11) is 0. The zero-order valence-electron chi connectivity index (χ0n) is 28.3. The molecule has 298 valence electrons. The van der Waals surface area contributed by atoms with Crippen LogP contribution in [-0.4, -0.2) is 165 Å². The third-order valence-corrected chi connectivity index (χ3v) is 9.46. The minimum Gasteiger partial charge on any atom is -0.508 e. The van der Waals surface area contributed by atoms with Gasteiger partial charge in [0, 0.05) is 17.7 Å². The molecule has 0 radical (unpaired) electrons. The average molecular weight is 773 g/mol. The van der Waals surface area contributed by atoms with Gasteiger partial charge < -0.3 is 99.2 Å². The summed E-state index contributed by atoms with van der Waals surface area (Å²) in [6.07, 6.45) is -25.6. The van der Waals surface area contributed by atoms with E-state index in [0.717, 1.165) is 24.3 Å². The zero-order chi connectivity index (χ0) is 39.5. The highest BCUT2D eigenvalue weighted by atomic mass is 16.8. The summed E-state index contributed by atoms with van der Waals surface area (Å²) in [6.45, 7) is 1.99. The maximum absolute atomic E-state index is 14.1. The third-order valence-electron chi connectivity index (χ3n) is 9.46. The fraction of sp³-hybridized carbons (Fsp3) is 0.545. The van der Waals surface area contributed by atoms with Gasteiger partial charge in [0.2, 0.25) is 17.5 Å². The van der Waals surface area contributed by atoms with E-state index in [0.29, 0.717) is 0 Å². The molecular formula is C33H40O21. The summed E-state index contributed by atoms with van der Waals surface area (Å²) in [4.78, 5) is 14.1. The van der Waals surface area contributed by atoms with Crippen molar-refractivity contribution < 1.29 is 99.2 Å². The highest BCUT2D eigenvalue weighted by Crippen LogP contribution is 2.43. The first kappa shape index (κ1) is 39.6. The van der Waals surface area contributed by atoms with E-state index in [9.17, 15) is 71.2 Å². The highest BCUT2D eigenvalue weighted by Gasteiger charge is 2.52. The van der Waals surface area contributed by atoms with Gasteiger partial charge in [-0.2, -0.15) is 0 Å². The quantitative estimate of drug-likeness (QED) is 0.101. The number of phenols is 5. The second kappa shape index (κ2) is 15.2. The Balaban J connectivity index is 1.42. The molecule has 3 saturated heterocycles. The van der Waals surface area contributed by atoms with E-state index in [1.807, 2.05) is 0 Å². The Hall–Kier alpha value is -4.07. The Morgan fingerprint density at radius 2 is 1.20 bits per heavy atom. The van der Waals surface area contributed by atoms with Crippen molar-refractivity contribution in [3.63, 3.8) is 0 Å². The van der Waals surface area contributed by atoms with E-state index in [4.69, 9.17) is 32.8 Å². The molecule has 21 nitrogen and oxygen atoms in total. The van der Waals surface area contributed by atoms with Gasteiger partial charge in [-0.1, -0.05) is 0 Å². The van der Waals surface area contributed by atoms with Gasteiger partial charge in [0.05, 0.1) is 18.8 Å². The molecule has 15 atom stereocenters. The molecule has 0 bridgehead atoms. The molecule has 21 heteroatoms. The first-order valence-corrected chi connectivity index (χ1v) is 16.5. The predicted molar refractivity (Wildman–Crippen MR) is 173 cm³/mol. The molecular weight excluding hydrogens is 732 g/mol. The van der Waals surface area contributed by atoms with Crippen LogP contribution in [0.25, 0.3) is 22.3 Å². The van der Waals surface area contributed by atoms with Crippen molar-refractivity contribution in [3.05, 3.63) is 34.5 Å². The first-order chi connectivity index (χ1) is 25.4. The number of phenolic OH excluding ortho intramolecular Hbond substituents is 5. The lowest BCUT2D eigenvalue weighted by atomic mass is 9.97. The van der Waals surface area contributed by atoms with Crippen LogP contribution in [-0.2, 0) is 23.7 Å². The van der Waals surface area contributed by atoms with Gasteiger partial charge in [0.25, 0.3) is 0 Å². The highest BCUT2D eigenvalue weighted by molar-refractivity contribution is 5.88. The van der Waals surface area contributed by atoms with Crippen LogP contribution >= 0.6 is 0 Å². The van der Waals surface area contributed by atoms with Crippen LogP contribution in [0.1, 0.15) is 13.8 Å². The lowest BCUT2D eigenvalue weighted by Crippen LogP contribution is -2.65. The van der Waals surface area contributed by atoms with Crippen molar-refractivity contribution in [2.45, 2.75) is 106 Å². The van der Waals surface area contributed by atoms with E-state index >= 15 is 0 Å². The Morgan fingerprint density at radius 1 is 0.630 bits per heavy atom. The number of hydrogen-bond acceptors (Lipinski definition) is 21. The lowest BCUT2D eigenvalue weighted by molar-refractivity contribution is -0.360. The number of benzene rings is 2. The largest absolute Gasteiger partial charge is 0.508 e. The maximum Gasteiger partial charge on any atom is 0.239 e. The minimum atomic E-state index is -2.08. The van der Waals surface area contributed by atoms with Gasteiger partial charge in [-0.05, 0) is 26.0 Å². The summed E-state index contributed by atoms with van der Waals surface area (Å²) in [6, 6.07) is 3.45. The molecule has 3 fully saturated rings. The molecule has 6 rings (SSSR count). The second-order valence-corrected chi connectivity index (χ2v) is 13.2. The van der Waals surface area contributed by atoms with Crippen LogP contribution in [0.5, 0.6) is 34.5 Å². The van der Waals surface area contributed by atoms with Crippen LogP contribution < -0.4 is 10.2 Å². The standard InChI is InChI=1S/C33H40O21/c1-8-18(38)23(43)26(46)31(49-8)48-7-16-21(41)25(45)30(54-32-27(47)24(44)19(39)9(2)50-32)33(52-16)53-29-22(42)17-12(35)5-11(34)6-15(17)51-28(29)10-3-13(36)20(40)14(37)4-10/h3-6,8-9,16,18-19,21,23-27,30-41,43-47H,7H2,1-2H3/t8-,9-,16+,18-,19-,21-,23+,24+,25+,26+,27+,30+,31-,32+,33+/m0/s1. The fourth-order valence-corrected chi connectivity index (χ4v) is 6.32. The molecule has 0 saturated carbocycles. The molecule has 4 heterocycles. The number of hydrogen-bond donors (Lipinski definition) is 13. The predicted octanol–water partition coefficient (Wildman–Crippen LogP) is -3.13. The van der Waals surface area contributed by atoms with E-state index in [1.165, 1.54) is 13.8 Å². The summed E-state index contributed by atoms with van der Waals surface area (Å²) < 4.78 is 39.9. The van der Waals surface area contributed by atoms with Crippen molar-refractivity contribution in [1.82, 2.24) is 0 Å². The van der Waals surface area contributed by atoms with Crippen molar-refractivity contribution >= 4 is 11.0 Å². The number of aromatic hydroxyl groups is 5. The smallest absolute Gasteiger partial charge is 0.239 e. The van der Waals surface area contributed by atoms with Crippen molar-refractivity contribution in [1.29, 1.82) is 0 Å². The molecule has 0 aliphatic carbocycles. The fourth-order valence-electron chi connectivity index (χ4n) is 6.32. The topological polar surface area (TPSA) is 349 Å². The number of rotatable bonds is 8. The Kier molecular flexibility index (Phi) is 11.2. The summed E-state index contributed by atoms with van der Waals surface area (Å²) >= 11 is 0. The van der Waals surface area contributed by atoms with Crippen LogP contribution in [0.2, 0.25) is 0 Å². The molecule has 1 aromatic heterocycles. The Morgan fingerprint density at radius 3 is 1.81 bits per heavy atom. The molecule has 0 spiro atoms. The van der Waals surface area contributed by atoms with Crippen LogP contribution in [0.15, 0.2) is 33.5 Å². The molecule has 2 aromatic carbocycles. The average Bonchev–Trinajstić information content (AvgIpc) is 3.12. The zero-order valence-corrected chi connectivity index (χ0v) is 28.3. The van der Waals surface area contributed by atoms with E-state index in [1.54, 1.807) is 0 Å². The van der Waals surface area contributed by atoms with E-state index < -0.39 is 155 Å². The number of aliphatic hydroxyl groups excluding tert-OH is 8. The molecule has 3 aromatic rings. The van der Waals surface area contributed by atoms with Gasteiger partial charge in [0.15, 0.2) is 41.7 Å². The monoisotopic (exact) mass is 772 g/mol. The van der Waals surface area contributed by atoms with Crippen LogP contribution in [0.4, 0.5) is 0 Å². The van der Waals surface area contributed by atoms with Gasteiger partial charge in [0.1, 0.15) is 77.4 Å². The van der Waals surface area contributed by atoms with Gasteiger partial charge in [-0.3, -0.25) is 4.79 Å². The van der Waals surface area contributed by atoms with Crippen LogP contribution in [0, 0.1) is 0 Å². The van der Waals surface area contributed by atoms with Gasteiger partial charge in [-0.15, -0.1) is 0 Å². The van der Waals surface area contributed by atoms with E-state index in [2.05, 4.69) is 0 Å². The number of aliphatic hydroxyl groups is 8. The first-order valence-electron chi connectivity index (χ1n) is 16.5. The minimum absolute atomic E-state index is 0.330. The molecule has 13 N–H and O–H groups in total. The number of ether oxygens (including phenoxy) is 6. The SMILES string of the molecule is C[C@@H]1O[C@H](OC[C@H]2O[C@H](Oc3c(-c4cc(O)c(O)c(O)c4)oc4cc(O)cc(O)c4c3=O)[C@H](O[C@H]3O[C@@H](C)[C@H](O)[C@@H](O)[C@H]3O)[C@H](O)[C@H]2O)[C@H](O)[C@H](O)[C@H]1O. The van der Waals surface area contributed by atoms with Crippen molar-refractivity contribution in [3.8, 4) is 45.8 Å². The Bertz CT molecular complexity index is 1860. The van der Waals surface area contributed by atoms with Gasteiger partial charge >= 0.3 is 0 Å². The summed E-state index contributed by atoms with van der Waals surface area (Å²) in [5.74, 6) is -5.56. The van der Waals surface area contributed by atoms with E-state index in [-0.39, 0.29) is 5.56 Å². The molecule has 0 unspecified atom stereocenters. The molecule has 0 amide bonds. The Labute approximate surface area is 303 Å². The normalized spacial score (nSPS) is 37.3. The van der Waals surface area contributed by atoms with Crippen LogP contribution in [0.3, 0.4) is 0 Å². The molecule has 54 heavy (non-hydrogen) atoms. The van der Waals surface area contributed by atoms with Gasteiger partial charge in [-0.25, -0.2) is 0 Å². The third kappa shape index (κ3) is 7.22. The number of fused-ring (bicyclic) bond motifs is 1. The second-order valence-electron chi connectivity index (χ2n) is 13.2. The lowest BCUT2D eigenvalue weighted by Gasteiger charge is -2.46. The van der Waals surface area contributed by atoms with Crippen molar-refractivity contribution in [2.24, 2.45) is 0 Å². The maximum atomic E-state index is 14.1. The summed E-state index contributed by atoms with van der Waals surface area (Å²) in [5, 5.41) is 135.